The number of carbonyl (C=O) groups is 2. The van der Waals surface area contributed by atoms with E-state index in [0.29, 0.717) is 29.9 Å². The molecule has 7 nitrogen and oxygen atoms in total. The van der Waals surface area contributed by atoms with Crippen LogP contribution in [0, 0.1) is 6.92 Å². The first-order valence-corrected chi connectivity index (χ1v) is 12.8. The lowest BCUT2D eigenvalue weighted by atomic mass is 10.1. The minimum Gasteiger partial charge on any atom is -0.338 e. The lowest BCUT2D eigenvalue weighted by Crippen LogP contribution is -2.34. The van der Waals surface area contributed by atoms with Gasteiger partial charge in [0.05, 0.1) is 27.7 Å². The van der Waals surface area contributed by atoms with Crippen LogP contribution in [0.3, 0.4) is 0 Å². The summed E-state index contributed by atoms with van der Waals surface area (Å²) >= 11 is 1.65. The molecule has 35 heavy (non-hydrogen) atoms. The van der Waals surface area contributed by atoms with Crippen LogP contribution in [-0.4, -0.2) is 38.0 Å². The maximum Gasteiger partial charge on any atom is 0.256 e. The SMILES string of the molecule is Cc1ccc(-c2cc(C(=O)Nc3cccc(CN4CCCCC4=O)c3)c3cnn(C(C)C)c3n2)s1. The zero-order valence-electron chi connectivity index (χ0n) is 20.2. The Labute approximate surface area is 208 Å². The average Bonchev–Trinajstić information content (AvgIpc) is 3.46. The normalized spacial score (nSPS) is 14.2. The quantitative estimate of drug-likeness (QED) is 0.372. The fourth-order valence-corrected chi connectivity index (χ4v) is 5.31. The van der Waals surface area contributed by atoms with Gasteiger partial charge in [0.1, 0.15) is 0 Å². The Morgan fingerprint density at radius 1 is 1.17 bits per heavy atom. The summed E-state index contributed by atoms with van der Waals surface area (Å²) < 4.78 is 1.85. The lowest BCUT2D eigenvalue weighted by Gasteiger charge is -2.26. The molecule has 1 aromatic carbocycles. The number of fused-ring (bicyclic) bond motifs is 1. The zero-order valence-corrected chi connectivity index (χ0v) is 21.1. The second-order valence-corrected chi connectivity index (χ2v) is 10.6. The van der Waals surface area contributed by atoms with Gasteiger partial charge in [-0.3, -0.25) is 9.59 Å². The van der Waals surface area contributed by atoms with Crippen molar-refractivity contribution in [3.8, 4) is 10.6 Å². The molecule has 1 fully saturated rings. The van der Waals surface area contributed by atoms with Gasteiger partial charge < -0.3 is 10.2 Å². The van der Waals surface area contributed by atoms with Gasteiger partial charge >= 0.3 is 0 Å². The summed E-state index contributed by atoms with van der Waals surface area (Å²) in [6, 6.07) is 13.8. The highest BCUT2D eigenvalue weighted by Crippen LogP contribution is 2.31. The van der Waals surface area contributed by atoms with Crippen LogP contribution in [0.4, 0.5) is 5.69 Å². The molecule has 0 bridgehead atoms. The van der Waals surface area contributed by atoms with E-state index in [1.54, 1.807) is 17.5 Å². The molecule has 0 saturated carbocycles. The fourth-order valence-electron chi connectivity index (χ4n) is 4.48. The first-order valence-electron chi connectivity index (χ1n) is 12.0. The molecular weight excluding hydrogens is 458 g/mol. The third-order valence-corrected chi connectivity index (χ3v) is 7.30. The number of nitrogens with zero attached hydrogens (tertiary/aromatic N) is 4. The standard InChI is InChI=1S/C27H29N5O2S/c1-17(2)32-26-22(15-28-32)21(14-23(30-26)24-11-10-18(3)35-24)27(34)29-20-8-6-7-19(13-20)16-31-12-5-4-9-25(31)33/h6-8,10-11,13-15,17H,4-5,9,12,16H2,1-3H3,(H,29,34). The lowest BCUT2D eigenvalue weighted by molar-refractivity contribution is -0.133. The van der Waals surface area contributed by atoms with Crippen LogP contribution < -0.4 is 5.32 Å². The van der Waals surface area contributed by atoms with E-state index in [4.69, 9.17) is 4.98 Å². The summed E-state index contributed by atoms with van der Waals surface area (Å²) in [5.41, 5.74) is 3.71. The number of nitrogens with one attached hydrogen (secondary N) is 1. The van der Waals surface area contributed by atoms with Crippen molar-refractivity contribution in [1.82, 2.24) is 19.7 Å². The molecule has 2 amide bonds. The van der Waals surface area contributed by atoms with E-state index in [1.807, 2.05) is 46.0 Å². The van der Waals surface area contributed by atoms with Crippen molar-refractivity contribution in [3.63, 3.8) is 0 Å². The number of likely N-dealkylation sites (tertiary alicyclic amines) is 1. The second-order valence-electron chi connectivity index (χ2n) is 9.31. The predicted molar refractivity (Wildman–Crippen MR) is 140 cm³/mol. The predicted octanol–water partition coefficient (Wildman–Crippen LogP) is 5.81. The number of hydrogen-bond acceptors (Lipinski definition) is 5. The molecule has 4 aromatic rings. The van der Waals surface area contributed by atoms with Gasteiger partial charge in [0.2, 0.25) is 5.91 Å². The molecule has 3 aromatic heterocycles. The molecule has 180 valence electrons. The minimum atomic E-state index is -0.207. The third kappa shape index (κ3) is 4.84. The largest absolute Gasteiger partial charge is 0.338 e. The van der Waals surface area contributed by atoms with Crippen LogP contribution in [0.1, 0.15) is 60.0 Å². The van der Waals surface area contributed by atoms with Gasteiger partial charge in [-0.1, -0.05) is 12.1 Å². The van der Waals surface area contributed by atoms with Crippen molar-refractivity contribution in [3.05, 3.63) is 64.7 Å². The average molecular weight is 488 g/mol. The maximum absolute atomic E-state index is 13.5. The Balaban J connectivity index is 1.46. The van der Waals surface area contributed by atoms with Gasteiger partial charge in [0.15, 0.2) is 5.65 Å². The number of amides is 2. The van der Waals surface area contributed by atoms with Crippen LogP contribution in [-0.2, 0) is 11.3 Å². The number of anilines is 1. The van der Waals surface area contributed by atoms with E-state index < -0.39 is 0 Å². The number of aryl methyl sites for hydroxylation is 1. The van der Waals surface area contributed by atoms with Gasteiger partial charge in [-0.15, -0.1) is 11.3 Å². The summed E-state index contributed by atoms with van der Waals surface area (Å²) in [6.07, 6.45) is 4.34. The van der Waals surface area contributed by atoms with Crippen LogP contribution in [0.25, 0.3) is 21.6 Å². The highest BCUT2D eigenvalue weighted by Gasteiger charge is 2.20. The first-order chi connectivity index (χ1) is 16.9. The van der Waals surface area contributed by atoms with Crippen molar-refractivity contribution in [1.29, 1.82) is 0 Å². The van der Waals surface area contributed by atoms with Gasteiger partial charge in [-0.05, 0) is 69.5 Å². The van der Waals surface area contributed by atoms with Crippen LogP contribution in [0.5, 0.6) is 0 Å². The topological polar surface area (TPSA) is 80.1 Å². The minimum absolute atomic E-state index is 0.116. The Kier molecular flexibility index (Phi) is 6.38. The molecule has 5 rings (SSSR count). The van der Waals surface area contributed by atoms with Crippen LogP contribution in [0.15, 0.2) is 48.7 Å². The number of piperidine rings is 1. The summed E-state index contributed by atoms with van der Waals surface area (Å²) in [5, 5.41) is 8.29. The second kappa shape index (κ2) is 9.62. The van der Waals surface area contributed by atoms with E-state index in [9.17, 15) is 9.59 Å². The Morgan fingerprint density at radius 3 is 2.77 bits per heavy atom. The third-order valence-electron chi connectivity index (χ3n) is 6.27. The smallest absolute Gasteiger partial charge is 0.256 e. The number of benzene rings is 1. The number of hydrogen-bond donors (Lipinski definition) is 1. The molecular formula is C27H29N5O2S. The van der Waals surface area contributed by atoms with Crippen molar-refractivity contribution in [2.45, 2.75) is 52.6 Å². The Hall–Kier alpha value is -3.52. The van der Waals surface area contributed by atoms with E-state index in [1.165, 1.54) is 4.88 Å². The maximum atomic E-state index is 13.5. The summed E-state index contributed by atoms with van der Waals surface area (Å²) in [7, 11) is 0. The molecule has 4 heterocycles. The number of pyridine rings is 1. The number of aromatic nitrogens is 3. The Bertz CT molecular complexity index is 1400. The van der Waals surface area contributed by atoms with Crippen LogP contribution in [0.2, 0.25) is 0 Å². The van der Waals surface area contributed by atoms with E-state index in [0.717, 1.165) is 40.9 Å². The molecule has 1 saturated heterocycles. The van der Waals surface area contributed by atoms with Crippen molar-refractivity contribution in [2.75, 3.05) is 11.9 Å². The Morgan fingerprint density at radius 2 is 2.03 bits per heavy atom. The fraction of sp³-hybridized carbons (Fsp3) is 0.333. The van der Waals surface area contributed by atoms with Gasteiger partial charge in [-0.2, -0.15) is 5.10 Å². The molecule has 0 atom stereocenters. The van der Waals surface area contributed by atoms with Crippen LogP contribution >= 0.6 is 11.3 Å². The molecule has 0 radical (unpaired) electrons. The molecule has 0 aliphatic carbocycles. The summed E-state index contributed by atoms with van der Waals surface area (Å²) in [4.78, 5) is 34.7. The molecule has 0 unspecified atom stereocenters. The van der Waals surface area contributed by atoms with Crippen molar-refractivity contribution >= 4 is 39.9 Å². The summed E-state index contributed by atoms with van der Waals surface area (Å²) in [5.74, 6) is -0.00944. The highest BCUT2D eigenvalue weighted by atomic mass is 32.1. The van der Waals surface area contributed by atoms with Crippen molar-refractivity contribution < 1.29 is 9.59 Å². The van der Waals surface area contributed by atoms with E-state index in [-0.39, 0.29) is 17.9 Å². The van der Waals surface area contributed by atoms with Crippen molar-refractivity contribution in [2.24, 2.45) is 0 Å². The van der Waals surface area contributed by atoms with E-state index >= 15 is 0 Å². The monoisotopic (exact) mass is 487 g/mol. The summed E-state index contributed by atoms with van der Waals surface area (Å²) in [6.45, 7) is 7.51. The molecule has 0 spiro atoms. The number of carbonyl (C=O) groups excluding carboxylic acids is 2. The molecule has 8 heteroatoms. The molecule has 1 aliphatic heterocycles. The first kappa shape index (κ1) is 23.2. The number of thiophene rings is 1. The number of rotatable bonds is 6. The van der Waals surface area contributed by atoms with Gasteiger partial charge in [0, 0.05) is 36.1 Å². The van der Waals surface area contributed by atoms with Gasteiger partial charge in [0.25, 0.3) is 5.91 Å². The molecule has 1 N–H and O–H groups in total. The van der Waals surface area contributed by atoms with Gasteiger partial charge in [-0.25, -0.2) is 9.67 Å². The highest BCUT2D eigenvalue weighted by molar-refractivity contribution is 7.15. The van der Waals surface area contributed by atoms with E-state index in [2.05, 4.69) is 37.3 Å². The molecule has 1 aliphatic rings. The zero-order chi connectivity index (χ0) is 24.5.